The fourth-order valence-electron chi connectivity index (χ4n) is 0. The molecule has 0 rings (SSSR count). The minimum Gasteiger partial charge on any atom is -0.303 e. The van der Waals surface area contributed by atoms with Crippen molar-refractivity contribution < 1.29 is 19.2 Å². The Kier molecular flexibility index (Phi) is 3.90. The number of phosphoric acid groups is 1. The molecule has 0 aromatic rings. The molecule has 0 aromatic carbocycles. The van der Waals surface area contributed by atoms with Gasteiger partial charge in [-0.3, -0.25) is 0 Å². The zero-order valence-corrected chi connectivity index (χ0v) is 3.80. The Morgan fingerprint density at radius 3 is 1.17 bits per heavy atom. The standard InChI is InChI=1S/Be.H3O4P/c;1-5(2,3)4/h;(H3,1,2,3,4). The molecule has 0 aliphatic heterocycles. The summed E-state index contributed by atoms with van der Waals surface area (Å²) in [5.74, 6) is 0. The van der Waals surface area contributed by atoms with E-state index in [2.05, 4.69) is 0 Å². The van der Waals surface area contributed by atoms with Crippen molar-refractivity contribution in [1.29, 1.82) is 0 Å². The van der Waals surface area contributed by atoms with Crippen LogP contribution in [0.3, 0.4) is 0 Å². The average Bonchev–Trinajstić information content (AvgIpc) is 0.722. The zero-order chi connectivity index (χ0) is 4.50. The van der Waals surface area contributed by atoms with E-state index in [4.69, 9.17) is 19.2 Å². The van der Waals surface area contributed by atoms with Crippen LogP contribution in [0.1, 0.15) is 0 Å². The normalized spacial score (nSPS) is 9.83. The van der Waals surface area contributed by atoms with Crippen LogP contribution in [-0.2, 0) is 4.57 Å². The largest absolute Gasteiger partial charge is 0.466 e. The molecule has 4 nitrogen and oxygen atoms in total. The number of rotatable bonds is 0. The molecule has 0 aliphatic rings. The molecule has 0 spiro atoms. The summed E-state index contributed by atoms with van der Waals surface area (Å²) in [5.41, 5.74) is 0. The molecule has 0 atom stereocenters. The van der Waals surface area contributed by atoms with Crippen LogP contribution in [0.15, 0.2) is 0 Å². The number of hydrogen-bond acceptors (Lipinski definition) is 1. The van der Waals surface area contributed by atoms with Gasteiger partial charge in [-0.2, -0.15) is 0 Å². The van der Waals surface area contributed by atoms with Gasteiger partial charge in [0, 0.05) is 10.1 Å². The van der Waals surface area contributed by atoms with Crippen LogP contribution in [0, 0.1) is 0 Å². The van der Waals surface area contributed by atoms with Gasteiger partial charge < -0.3 is 14.7 Å². The quantitative estimate of drug-likeness (QED) is 0.265. The van der Waals surface area contributed by atoms with Gasteiger partial charge in [0.25, 0.3) is 0 Å². The minimum absolute atomic E-state index is 0. The van der Waals surface area contributed by atoms with E-state index < -0.39 is 7.82 Å². The van der Waals surface area contributed by atoms with Crippen LogP contribution in [0.5, 0.6) is 0 Å². The summed E-state index contributed by atoms with van der Waals surface area (Å²) in [6.07, 6.45) is 0. The SMILES string of the molecule is O=P(O)(O)O.[Be]. The van der Waals surface area contributed by atoms with Gasteiger partial charge in [0.05, 0.1) is 0 Å². The fourth-order valence-corrected chi connectivity index (χ4v) is 0. The van der Waals surface area contributed by atoms with E-state index in [0.717, 1.165) is 0 Å². The van der Waals surface area contributed by atoms with Gasteiger partial charge in [0.1, 0.15) is 0 Å². The third-order valence-electron chi connectivity index (χ3n) is 0. The van der Waals surface area contributed by atoms with Crippen molar-refractivity contribution in [3.63, 3.8) is 0 Å². The Bertz CT molecular complexity index is 53.7. The summed E-state index contributed by atoms with van der Waals surface area (Å²) in [6, 6.07) is 0. The second kappa shape index (κ2) is 2.45. The van der Waals surface area contributed by atoms with Crippen LogP contribution >= 0.6 is 7.82 Å². The van der Waals surface area contributed by atoms with Crippen molar-refractivity contribution >= 4 is 17.9 Å². The van der Waals surface area contributed by atoms with E-state index in [1.807, 2.05) is 0 Å². The summed E-state index contributed by atoms with van der Waals surface area (Å²) >= 11 is 0. The summed E-state index contributed by atoms with van der Waals surface area (Å²) in [6.45, 7) is 0. The van der Waals surface area contributed by atoms with Crippen molar-refractivity contribution in [3.8, 4) is 0 Å². The molecule has 0 aromatic heterocycles. The molecule has 0 fully saturated rings. The Morgan fingerprint density at radius 1 is 1.17 bits per heavy atom. The molecule has 0 aliphatic carbocycles. The van der Waals surface area contributed by atoms with Gasteiger partial charge in [-0.25, -0.2) is 4.57 Å². The summed E-state index contributed by atoms with van der Waals surface area (Å²) in [4.78, 5) is 21.6. The van der Waals surface area contributed by atoms with Gasteiger partial charge in [-0.05, 0) is 0 Å². The maximum Gasteiger partial charge on any atom is 0.466 e. The maximum absolute atomic E-state index is 8.88. The van der Waals surface area contributed by atoms with Crippen molar-refractivity contribution in [1.82, 2.24) is 0 Å². The Hall–Kier alpha value is 0.279. The van der Waals surface area contributed by atoms with E-state index in [0.29, 0.717) is 0 Å². The maximum atomic E-state index is 8.88. The van der Waals surface area contributed by atoms with Crippen molar-refractivity contribution in [2.24, 2.45) is 0 Å². The van der Waals surface area contributed by atoms with Gasteiger partial charge in [-0.1, -0.05) is 0 Å². The number of hydrogen-bond donors (Lipinski definition) is 3. The predicted octanol–water partition coefficient (Wildman–Crippen LogP) is -1.31. The van der Waals surface area contributed by atoms with Gasteiger partial charge >= 0.3 is 7.82 Å². The van der Waals surface area contributed by atoms with Crippen LogP contribution in [0.2, 0.25) is 0 Å². The third kappa shape index (κ3) is 592. The summed E-state index contributed by atoms with van der Waals surface area (Å²) < 4.78 is 8.88. The van der Waals surface area contributed by atoms with Gasteiger partial charge in [-0.15, -0.1) is 0 Å². The zero-order valence-electron chi connectivity index (χ0n) is 2.90. The third-order valence-corrected chi connectivity index (χ3v) is 0. The van der Waals surface area contributed by atoms with Crippen molar-refractivity contribution in [3.05, 3.63) is 0 Å². The predicted molar refractivity (Wildman–Crippen MR) is 20.0 cm³/mol. The smallest absolute Gasteiger partial charge is 0.303 e. The molecule has 6 heavy (non-hydrogen) atoms. The van der Waals surface area contributed by atoms with Crippen LogP contribution < -0.4 is 0 Å². The molecule has 6 heteroatoms. The second-order valence-corrected chi connectivity index (χ2v) is 1.54. The molecule has 3 N–H and O–H groups in total. The minimum atomic E-state index is -4.64. The first-order valence-electron chi connectivity index (χ1n) is 0.783. The van der Waals surface area contributed by atoms with Gasteiger partial charge in [0.2, 0.25) is 0 Å². The first kappa shape index (κ1) is 9.56. The molecule has 0 saturated heterocycles. The fraction of sp³-hybridized carbons (Fsp3) is 0. The van der Waals surface area contributed by atoms with E-state index in [-0.39, 0.29) is 10.1 Å². The topological polar surface area (TPSA) is 77.8 Å². The summed E-state index contributed by atoms with van der Waals surface area (Å²) in [7, 11) is -4.64. The molecule has 2 radical (unpaired) electrons. The molecule has 0 saturated carbocycles. The van der Waals surface area contributed by atoms with Crippen molar-refractivity contribution in [2.45, 2.75) is 0 Å². The first-order chi connectivity index (χ1) is 2.00. The molecular weight excluding hydrogens is 104 g/mol. The van der Waals surface area contributed by atoms with Crippen LogP contribution in [0.25, 0.3) is 0 Å². The summed E-state index contributed by atoms with van der Waals surface area (Å²) in [5, 5.41) is 0. The molecular formula is H3BeO4P. The first-order valence-corrected chi connectivity index (χ1v) is 2.35. The van der Waals surface area contributed by atoms with Crippen LogP contribution in [0.4, 0.5) is 0 Å². The monoisotopic (exact) mass is 107 g/mol. The van der Waals surface area contributed by atoms with E-state index in [1.54, 1.807) is 0 Å². The molecule has 0 heterocycles. The molecule has 0 amide bonds. The van der Waals surface area contributed by atoms with Crippen LogP contribution in [-0.4, -0.2) is 24.8 Å². The Labute approximate surface area is 38.3 Å². The van der Waals surface area contributed by atoms with E-state index in [9.17, 15) is 0 Å². The second-order valence-electron chi connectivity index (χ2n) is 0.513. The van der Waals surface area contributed by atoms with E-state index in [1.165, 1.54) is 0 Å². The Balaban J connectivity index is 0. The molecule has 34 valence electrons. The molecule has 0 unspecified atom stereocenters. The molecule has 0 bridgehead atoms. The Morgan fingerprint density at radius 2 is 1.17 bits per heavy atom. The van der Waals surface area contributed by atoms with Crippen molar-refractivity contribution in [2.75, 3.05) is 0 Å². The average molecular weight is 107 g/mol. The van der Waals surface area contributed by atoms with Gasteiger partial charge in [0.15, 0.2) is 0 Å². The van der Waals surface area contributed by atoms with E-state index >= 15 is 0 Å².